The Morgan fingerprint density at radius 3 is 2.68 bits per heavy atom. The number of nitrogens with zero attached hydrogens (tertiary/aromatic N) is 2. The number of amides is 1. The van der Waals surface area contributed by atoms with Gasteiger partial charge in [-0.2, -0.15) is 0 Å². The highest BCUT2D eigenvalue weighted by molar-refractivity contribution is 7.89. The molecule has 2 heterocycles. The van der Waals surface area contributed by atoms with Crippen molar-refractivity contribution in [2.24, 2.45) is 0 Å². The molecule has 0 unspecified atom stereocenters. The second-order valence-corrected chi connectivity index (χ2v) is 8.54. The molecule has 1 aromatic carbocycles. The average molecular weight is 409 g/mol. The fourth-order valence-corrected chi connectivity index (χ4v) is 4.35. The topological polar surface area (TPSA) is 115 Å². The van der Waals surface area contributed by atoms with Crippen LogP contribution >= 0.6 is 0 Å². The summed E-state index contributed by atoms with van der Waals surface area (Å²) in [6.07, 6.45) is 1.14. The van der Waals surface area contributed by atoms with Gasteiger partial charge in [0.25, 0.3) is 5.91 Å². The minimum absolute atomic E-state index is 0.0427. The number of rotatable bonds is 3. The van der Waals surface area contributed by atoms with Crippen LogP contribution in [0.25, 0.3) is 0 Å². The van der Waals surface area contributed by atoms with Gasteiger partial charge in [0.05, 0.1) is 11.3 Å². The van der Waals surface area contributed by atoms with E-state index in [2.05, 4.69) is 15.6 Å². The molecule has 148 valence electrons. The first kappa shape index (κ1) is 19.7. The quantitative estimate of drug-likeness (QED) is 0.713. The second-order valence-electron chi connectivity index (χ2n) is 6.54. The zero-order valence-electron chi connectivity index (χ0n) is 15.0. The molecule has 1 amide bonds. The number of nitrogens with one attached hydrogen (secondary N) is 3. The van der Waals surface area contributed by atoms with E-state index in [0.717, 1.165) is 28.7 Å². The van der Waals surface area contributed by atoms with Crippen LogP contribution in [0.3, 0.4) is 0 Å². The minimum atomic E-state index is -3.83. The van der Waals surface area contributed by atoms with Crippen LogP contribution in [0.1, 0.15) is 23.0 Å². The maximum atomic E-state index is 14.5. The number of aromatic nitrogens is 1. The SMILES string of the molecule is CN1C(=N)N[C@](C)(c2cc(NC(=O)c3cc(F)ccn3)ccc2F)CS1(=O)=O. The van der Waals surface area contributed by atoms with Gasteiger partial charge in [-0.25, -0.2) is 21.5 Å². The lowest BCUT2D eigenvalue weighted by Gasteiger charge is -2.40. The summed E-state index contributed by atoms with van der Waals surface area (Å²) in [5.74, 6) is -2.93. The Kier molecular flexibility index (Phi) is 4.79. The van der Waals surface area contributed by atoms with Crippen molar-refractivity contribution in [2.75, 3.05) is 18.1 Å². The van der Waals surface area contributed by atoms with Crippen molar-refractivity contribution in [3.63, 3.8) is 0 Å². The number of halogens is 2. The van der Waals surface area contributed by atoms with Gasteiger partial charge in [0.1, 0.15) is 17.3 Å². The largest absolute Gasteiger partial charge is 0.345 e. The van der Waals surface area contributed by atoms with Crippen LogP contribution in [-0.4, -0.2) is 42.4 Å². The number of benzene rings is 1. The van der Waals surface area contributed by atoms with Crippen LogP contribution < -0.4 is 10.6 Å². The van der Waals surface area contributed by atoms with Gasteiger partial charge in [0, 0.05) is 30.6 Å². The molecule has 0 aliphatic carbocycles. The number of sulfonamides is 1. The third-order valence-electron chi connectivity index (χ3n) is 4.37. The summed E-state index contributed by atoms with van der Waals surface area (Å²) >= 11 is 0. The predicted octanol–water partition coefficient (Wildman–Crippen LogP) is 1.63. The van der Waals surface area contributed by atoms with Crippen LogP contribution in [0.15, 0.2) is 36.5 Å². The zero-order valence-corrected chi connectivity index (χ0v) is 15.8. The summed E-state index contributed by atoms with van der Waals surface area (Å²) in [5, 5.41) is 13.0. The Hall–Kier alpha value is -3.08. The Morgan fingerprint density at radius 1 is 1.32 bits per heavy atom. The number of carbonyl (C=O) groups excluding carboxylic acids is 1. The maximum Gasteiger partial charge on any atom is 0.274 e. The van der Waals surface area contributed by atoms with Crippen LogP contribution in [0.5, 0.6) is 0 Å². The minimum Gasteiger partial charge on any atom is -0.345 e. The normalized spacial score (nSPS) is 21.1. The van der Waals surface area contributed by atoms with Crippen molar-refractivity contribution in [1.29, 1.82) is 5.41 Å². The Labute approximate surface area is 160 Å². The third-order valence-corrected chi connectivity index (χ3v) is 6.33. The molecule has 2 aromatic rings. The molecule has 0 bridgehead atoms. The van der Waals surface area contributed by atoms with E-state index in [1.54, 1.807) is 0 Å². The van der Waals surface area contributed by atoms with E-state index in [-0.39, 0.29) is 16.9 Å². The van der Waals surface area contributed by atoms with Gasteiger partial charge in [-0.05, 0) is 31.2 Å². The van der Waals surface area contributed by atoms with Gasteiger partial charge in [-0.1, -0.05) is 0 Å². The summed E-state index contributed by atoms with van der Waals surface area (Å²) < 4.78 is 53.1. The molecule has 0 spiro atoms. The maximum absolute atomic E-state index is 14.5. The van der Waals surface area contributed by atoms with E-state index in [0.29, 0.717) is 0 Å². The standard InChI is InChI=1S/C17H17F2N5O3S/c1-17(9-28(26,27)24(2)16(20)23-17)12-8-11(3-4-13(12)19)22-15(25)14-7-10(18)5-6-21-14/h3-8H,9H2,1-2H3,(H2,20,23)(H,22,25)/t17-/m0/s1. The molecular formula is C17H17F2N5O3S. The van der Waals surface area contributed by atoms with Crippen molar-refractivity contribution in [3.8, 4) is 0 Å². The number of anilines is 1. The molecule has 0 saturated carbocycles. The molecule has 0 radical (unpaired) electrons. The van der Waals surface area contributed by atoms with E-state index >= 15 is 0 Å². The van der Waals surface area contributed by atoms with Crippen LogP contribution in [-0.2, 0) is 15.6 Å². The zero-order chi connectivity index (χ0) is 20.7. The summed E-state index contributed by atoms with van der Waals surface area (Å²) in [4.78, 5) is 16.0. The summed E-state index contributed by atoms with van der Waals surface area (Å²) in [7, 11) is -2.60. The summed E-state index contributed by atoms with van der Waals surface area (Å²) in [6.45, 7) is 1.45. The number of pyridine rings is 1. The van der Waals surface area contributed by atoms with Crippen LogP contribution in [0, 0.1) is 17.0 Å². The fraction of sp³-hybridized carbons (Fsp3) is 0.235. The molecular weight excluding hydrogens is 392 g/mol. The monoisotopic (exact) mass is 409 g/mol. The van der Waals surface area contributed by atoms with Crippen molar-refractivity contribution in [2.45, 2.75) is 12.5 Å². The van der Waals surface area contributed by atoms with Gasteiger partial charge >= 0.3 is 0 Å². The van der Waals surface area contributed by atoms with Crippen molar-refractivity contribution in [3.05, 3.63) is 59.4 Å². The summed E-state index contributed by atoms with van der Waals surface area (Å²) in [5.41, 5.74) is -1.47. The number of hydrogen-bond donors (Lipinski definition) is 3. The highest BCUT2D eigenvalue weighted by Crippen LogP contribution is 2.31. The van der Waals surface area contributed by atoms with Gasteiger partial charge in [0.15, 0.2) is 0 Å². The Bertz CT molecular complexity index is 1080. The predicted molar refractivity (Wildman–Crippen MR) is 98.3 cm³/mol. The number of hydrogen-bond acceptors (Lipinski definition) is 5. The molecule has 1 saturated heterocycles. The number of carbonyl (C=O) groups is 1. The lowest BCUT2D eigenvalue weighted by Crippen LogP contribution is -2.61. The van der Waals surface area contributed by atoms with Crippen LogP contribution in [0.4, 0.5) is 14.5 Å². The van der Waals surface area contributed by atoms with E-state index in [1.807, 2.05) is 0 Å². The molecule has 1 fully saturated rings. The first-order valence-corrected chi connectivity index (χ1v) is 9.69. The molecule has 1 aromatic heterocycles. The van der Waals surface area contributed by atoms with Gasteiger partial charge in [-0.15, -0.1) is 0 Å². The molecule has 3 N–H and O–H groups in total. The molecule has 1 aliphatic rings. The molecule has 1 aliphatic heterocycles. The molecule has 1 atom stereocenters. The fourth-order valence-electron chi connectivity index (χ4n) is 2.87. The Morgan fingerprint density at radius 2 is 2.04 bits per heavy atom. The molecule has 3 rings (SSSR count). The molecule has 8 nitrogen and oxygen atoms in total. The molecule has 11 heteroatoms. The second kappa shape index (κ2) is 6.82. The van der Waals surface area contributed by atoms with Gasteiger partial charge < -0.3 is 10.6 Å². The molecule has 28 heavy (non-hydrogen) atoms. The van der Waals surface area contributed by atoms with E-state index in [1.165, 1.54) is 26.1 Å². The van der Waals surface area contributed by atoms with Crippen molar-refractivity contribution in [1.82, 2.24) is 14.6 Å². The van der Waals surface area contributed by atoms with Crippen LogP contribution in [0.2, 0.25) is 0 Å². The lowest BCUT2D eigenvalue weighted by molar-refractivity contribution is 0.102. The third kappa shape index (κ3) is 3.65. The Balaban J connectivity index is 1.94. The van der Waals surface area contributed by atoms with E-state index in [4.69, 9.17) is 5.41 Å². The summed E-state index contributed by atoms with van der Waals surface area (Å²) in [6, 6.07) is 5.68. The highest BCUT2D eigenvalue weighted by Gasteiger charge is 2.43. The lowest BCUT2D eigenvalue weighted by atomic mass is 9.93. The van der Waals surface area contributed by atoms with E-state index in [9.17, 15) is 22.0 Å². The van der Waals surface area contributed by atoms with Crippen molar-refractivity contribution < 1.29 is 22.0 Å². The smallest absolute Gasteiger partial charge is 0.274 e. The highest BCUT2D eigenvalue weighted by atomic mass is 32.2. The van der Waals surface area contributed by atoms with Crippen molar-refractivity contribution >= 4 is 27.6 Å². The van der Waals surface area contributed by atoms with Gasteiger partial charge in [0.2, 0.25) is 16.0 Å². The first-order chi connectivity index (χ1) is 13.0. The van der Waals surface area contributed by atoms with E-state index < -0.39 is 44.8 Å². The average Bonchev–Trinajstić information content (AvgIpc) is 2.61. The first-order valence-electron chi connectivity index (χ1n) is 8.08. The van der Waals surface area contributed by atoms with Gasteiger partial charge in [-0.3, -0.25) is 15.2 Å². The number of guanidine groups is 1.